The third-order valence-corrected chi connectivity index (χ3v) is 4.60. The van der Waals surface area contributed by atoms with Gasteiger partial charge in [-0.15, -0.1) is 0 Å². The predicted molar refractivity (Wildman–Crippen MR) is 96.3 cm³/mol. The Bertz CT molecular complexity index is 249. The molecule has 1 aliphatic rings. The Hall–Kier alpha value is -0.200. The second kappa shape index (κ2) is 13.3. The molecule has 5 heteroatoms. The quantitative estimate of drug-likeness (QED) is 0.325. The van der Waals surface area contributed by atoms with Crippen molar-refractivity contribution in [2.45, 2.75) is 70.5 Å². The highest BCUT2D eigenvalue weighted by atomic mass is 15.1. The van der Waals surface area contributed by atoms with Crippen LogP contribution < -0.4 is 27.0 Å². The molecule has 5 nitrogen and oxygen atoms in total. The summed E-state index contributed by atoms with van der Waals surface area (Å²) in [6, 6.07) is 1.79. The van der Waals surface area contributed by atoms with Crippen LogP contribution in [0.25, 0.3) is 0 Å². The van der Waals surface area contributed by atoms with E-state index >= 15 is 0 Å². The third-order valence-electron chi connectivity index (χ3n) is 4.60. The van der Waals surface area contributed by atoms with Gasteiger partial charge in [-0.2, -0.15) is 0 Å². The van der Waals surface area contributed by atoms with Crippen molar-refractivity contribution in [1.29, 1.82) is 0 Å². The lowest BCUT2D eigenvalue weighted by Crippen LogP contribution is -2.53. The topological polar surface area (TPSA) is 74.1 Å². The van der Waals surface area contributed by atoms with Gasteiger partial charge >= 0.3 is 0 Å². The Morgan fingerprint density at radius 3 is 2.32 bits per heavy atom. The van der Waals surface area contributed by atoms with Gasteiger partial charge in [-0.25, -0.2) is 0 Å². The summed E-state index contributed by atoms with van der Waals surface area (Å²) in [5.74, 6) is 0. The van der Waals surface area contributed by atoms with Crippen LogP contribution in [0.4, 0.5) is 0 Å². The number of rotatable bonds is 13. The molecule has 0 aromatic rings. The lowest BCUT2D eigenvalue weighted by Gasteiger charge is -2.34. The number of hydrogen-bond donors (Lipinski definition) is 5. The van der Waals surface area contributed by atoms with Gasteiger partial charge in [0.1, 0.15) is 0 Å². The van der Waals surface area contributed by atoms with Crippen molar-refractivity contribution < 1.29 is 0 Å². The highest BCUT2D eigenvalue weighted by Crippen LogP contribution is 2.18. The molecule has 0 unspecified atom stereocenters. The highest BCUT2D eigenvalue weighted by molar-refractivity contribution is 4.87. The second-order valence-electron chi connectivity index (χ2n) is 6.46. The molecule has 0 bridgehead atoms. The fourth-order valence-corrected chi connectivity index (χ4v) is 3.21. The van der Waals surface area contributed by atoms with Crippen LogP contribution in [0, 0.1) is 0 Å². The molecule has 6 N–H and O–H groups in total. The summed E-state index contributed by atoms with van der Waals surface area (Å²) in [5, 5.41) is 14.5. The van der Waals surface area contributed by atoms with Crippen molar-refractivity contribution in [3.05, 3.63) is 0 Å². The van der Waals surface area contributed by atoms with E-state index in [4.69, 9.17) is 5.73 Å². The summed E-state index contributed by atoms with van der Waals surface area (Å²) >= 11 is 0. The molecule has 132 valence electrons. The molecule has 0 heterocycles. The first-order chi connectivity index (χ1) is 10.8. The Kier molecular flexibility index (Phi) is 12.0. The van der Waals surface area contributed by atoms with Crippen LogP contribution in [0.15, 0.2) is 0 Å². The van der Waals surface area contributed by atoms with E-state index in [9.17, 15) is 0 Å². The number of hydrogen-bond acceptors (Lipinski definition) is 5. The van der Waals surface area contributed by atoms with E-state index in [1.165, 1.54) is 32.1 Å². The maximum atomic E-state index is 5.58. The van der Waals surface area contributed by atoms with Crippen molar-refractivity contribution in [3.8, 4) is 0 Å². The smallest absolute Gasteiger partial charge is 0.0221 e. The molecule has 0 aromatic heterocycles. The molecule has 0 radical (unpaired) electrons. The molecule has 22 heavy (non-hydrogen) atoms. The summed E-state index contributed by atoms with van der Waals surface area (Å²) in [5.41, 5.74) is 5.58. The van der Waals surface area contributed by atoms with Gasteiger partial charge in [0, 0.05) is 50.8 Å². The summed E-state index contributed by atoms with van der Waals surface area (Å²) in [4.78, 5) is 0. The zero-order valence-corrected chi connectivity index (χ0v) is 14.8. The molecule has 1 fully saturated rings. The van der Waals surface area contributed by atoms with Crippen LogP contribution in [0.1, 0.15) is 52.4 Å². The Morgan fingerprint density at radius 2 is 1.68 bits per heavy atom. The first-order valence-electron chi connectivity index (χ1n) is 9.42. The Balaban J connectivity index is 2.25. The summed E-state index contributed by atoms with van der Waals surface area (Å²) in [7, 11) is 0. The largest absolute Gasteiger partial charge is 0.329 e. The molecule has 0 spiro atoms. The van der Waals surface area contributed by atoms with Gasteiger partial charge < -0.3 is 27.0 Å². The zero-order valence-electron chi connectivity index (χ0n) is 14.8. The van der Waals surface area contributed by atoms with Crippen molar-refractivity contribution >= 4 is 0 Å². The molecule has 0 aliphatic heterocycles. The molecular weight excluding hydrogens is 274 g/mol. The van der Waals surface area contributed by atoms with E-state index in [2.05, 4.69) is 35.1 Å². The van der Waals surface area contributed by atoms with E-state index in [1.807, 2.05) is 0 Å². The molecule has 0 amide bonds. The summed E-state index contributed by atoms with van der Waals surface area (Å²) in [6.45, 7) is 10.4. The van der Waals surface area contributed by atoms with E-state index in [0.29, 0.717) is 18.1 Å². The second-order valence-corrected chi connectivity index (χ2v) is 6.46. The van der Waals surface area contributed by atoms with Crippen molar-refractivity contribution in [2.75, 3.05) is 39.3 Å². The van der Waals surface area contributed by atoms with Gasteiger partial charge in [-0.05, 0) is 32.2 Å². The first-order valence-corrected chi connectivity index (χ1v) is 9.42. The van der Waals surface area contributed by atoms with Gasteiger partial charge in [0.2, 0.25) is 0 Å². The molecule has 3 atom stereocenters. The first kappa shape index (κ1) is 19.8. The maximum Gasteiger partial charge on any atom is 0.0221 e. The van der Waals surface area contributed by atoms with Crippen LogP contribution in [0.2, 0.25) is 0 Å². The lowest BCUT2D eigenvalue weighted by molar-refractivity contribution is 0.274. The van der Waals surface area contributed by atoms with Gasteiger partial charge in [0.05, 0.1) is 0 Å². The van der Waals surface area contributed by atoms with Crippen molar-refractivity contribution in [3.63, 3.8) is 0 Å². The van der Waals surface area contributed by atoms with Gasteiger partial charge in [0.15, 0.2) is 0 Å². The normalized spacial score (nSPS) is 23.6. The molecule has 1 saturated carbocycles. The SMILES string of the molecule is CCCNCCN[C@@H]1CCCC[C@H]1NC[C@H](CC)NCCN. The van der Waals surface area contributed by atoms with Gasteiger partial charge in [-0.3, -0.25) is 0 Å². The number of nitrogens with two attached hydrogens (primary N) is 1. The minimum absolute atomic E-state index is 0.539. The minimum atomic E-state index is 0.539. The molecule has 0 saturated heterocycles. The fraction of sp³-hybridized carbons (Fsp3) is 1.00. The van der Waals surface area contributed by atoms with E-state index < -0.39 is 0 Å². The molecule has 1 aliphatic carbocycles. The third kappa shape index (κ3) is 8.44. The van der Waals surface area contributed by atoms with Crippen LogP contribution >= 0.6 is 0 Å². The van der Waals surface area contributed by atoms with Crippen molar-refractivity contribution in [2.24, 2.45) is 5.73 Å². The Morgan fingerprint density at radius 1 is 0.955 bits per heavy atom. The zero-order chi connectivity index (χ0) is 16.0. The summed E-state index contributed by atoms with van der Waals surface area (Å²) in [6.07, 6.45) is 7.68. The Labute approximate surface area is 137 Å². The molecular formula is C17H39N5. The fourth-order valence-electron chi connectivity index (χ4n) is 3.21. The maximum absolute atomic E-state index is 5.58. The van der Waals surface area contributed by atoms with Crippen LogP contribution in [0.3, 0.4) is 0 Å². The van der Waals surface area contributed by atoms with Crippen molar-refractivity contribution in [1.82, 2.24) is 21.3 Å². The van der Waals surface area contributed by atoms with Crippen LogP contribution in [-0.2, 0) is 0 Å². The lowest BCUT2D eigenvalue weighted by atomic mass is 9.90. The average Bonchev–Trinajstić information content (AvgIpc) is 2.56. The standard InChI is InChI=1S/C17H39N5/c1-3-10-19-12-13-21-16-7-5-6-8-17(16)22-14-15(4-2)20-11-9-18/h15-17,19-22H,3-14,18H2,1-2H3/t15-,16+,17+/m0/s1. The average molecular weight is 314 g/mol. The monoisotopic (exact) mass is 313 g/mol. The van der Waals surface area contributed by atoms with E-state index in [1.54, 1.807) is 0 Å². The van der Waals surface area contributed by atoms with E-state index in [-0.39, 0.29) is 0 Å². The van der Waals surface area contributed by atoms with E-state index in [0.717, 1.165) is 45.7 Å². The predicted octanol–water partition coefficient (Wildman–Crippen LogP) is 0.803. The van der Waals surface area contributed by atoms with Gasteiger partial charge in [0.25, 0.3) is 0 Å². The highest BCUT2D eigenvalue weighted by Gasteiger charge is 2.24. The number of nitrogens with one attached hydrogen (secondary N) is 4. The molecule has 1 rings (SSSR count). The molecule has 0 aromatic carbocycles. The van der Waals surface area contributed by atoms with Crippen LogP contribution in [0.5, 0.6) is 0 Å². The summed E-state index contributed by atoms with van der Waals surface area (Å²) < 4.78 is 0. The minimum Gasteiger partial charge on any atom is -0.329 e. The van der Waals surface area contributed by atoms with Gasteiger partial charge in [-0.1, -0.05) is 26.7 Å². The van der Waals surface area contributed by atoms with Crippen LogP contribution in [-0.4, -0.2) is 57.4 Å².